The summed E-state index contributed by atoms with van der Waals surface area (Å²) in [6, 6.07) is 3.49. The quantitative estimate of drug-likeness (QED) is 0.887. The van der Waals surface area contributed by atoms with E-state index in [0.717, 1.165) is 12.2 Å². The maximum absolute atomic E-state index is 12.3. The number of carbonyl (C=O) groups is 1. The highest BCUT2D eigenvalue weighted by molar-refractivity contribution is 5.95. The Bertz CT molecular complexity index is 490. The predicted molar refractivity (Wildman–Crippen MR) is 81.6 cm³/mol. The van der Waals surface area contributed by atoms with Gasteiger partial charge in [0.1, 0.15) is 5.82 Å². The normalized spacial score (nSPS) is 17.4. The van der Waals surface area contributed by atoms with Crippen LogP contribution in [0.15, 0.2) is 12.1 Å². The molecular weight excluding hydrogens is 250 g/mol. The van der Waals surface area contributed by atoms with Gasteiger partial charge in [0, 0.05) is 17.8 Å². The topological polar surface area (TPSA) is 68.0 Å². The van der Waals surface area contributed by atoms with Crippen LogP contribution in [0.2, 0.25) is 0 Å². The van der Waals surface area contributed by atoms with Crippen LogP contribution in [0.5, 0.6) is 0 Å². The van der Waals surface area contributed by atoms with Crippen LogP contribution >= 0.6 is 0 Å². The molecule has 0 atom stereocenters. The number of rotatable bonds is 4. The maximum Gasteiger partial charge on any atom is 0.251 e. The first-order valence-corrected chi connectivity index (χ1v) is 7.45. The van der Waals surface area contributed by atoms with Crippen LogP contribution in [0.1, 0.15) is 68.4 Å². The molecule has 1 fully saturated rings. The van der Waals surface area contributed by atoms with Gasteiger partial charge in [0.05, 0.1) is 0 Å². The molecule has 0 unspecified atom stereocenters. The van der Waals surface area contributed by atoms with Gasteiger partial charge in [-0.15, -0.1) is 0 Å². The van der Waals surface area contributed by atoms with Crippen molar-refractivity contribution in [1.82, 2.24) is 10.3 Å². The van der Waals surface area contributed by atoms with Crippen LogP contribution in [-0.2, 0) is 0 Å². The predicted octanol–water partition coefficient (Wildman–Crippen LogP) is 3.10. The van der Waals surface area contributed by atoms with Crippen molar-refractivity contribution >= 4 is 11.7 Å². The van der Waals surface area contributed by atoms with E-state index in [1.54, 1.807) is 6.07 Å². The van der Waals surface area contributed by atoms with E-state index < -0.39 is 0 Å². The molecule has 1 amide bonds. The van der Waals surface area contributed by atoms with Gasteiger partial charge in [0.25, 0.3) is 5.91 Å². The minimum Gasteiger partial charge on any atom is -0.384 e. The molecule has 1 aromatic rings. The molecule has 1 aromatic heterocycles. The average molecular weight is 275 g/mol. The van der Waals surface area contributed by atoms with Crippen molar-refractivity contribution in [2.45, 2.75) is 52.4 Å². The third kappa shape index (κ3) is 3.50. The first kappa shape index (κ1) is 14.8. The Labute approximate surface area is 121 Å². The zero-order chi connectivity index (χ0) is 14.8. The Kier molecular flexibility index (Phi) is 4.31. The van der Waals surface area contributed by atoms with E-state index in [2.05, 4.69) is 17.2 Å². The van der Waals surface area contributed by atoms with Gasteiger partial charge >= 0.3 is 0 Å². The Hall–Kier alpha value is -1.58. The summed E-state index contributed by atoms with van der Waals surface area (Å²) in [5.74, 6) is 0.625. The molecule has 2 rings (SSSR count). The molecule has 3 N–H and O–H groups in total. The molecule has 4 heteroatoms. The Morgan fingerprint density at radius 3 is 2.65 bits per heavy atom. The SMILES string of the molecule is CC(C)c1cc(C(=O)NCC2(C)CCCC2)cc(N)n1. The number of aromatic nitrogens is 1. The van der Waals surface area contributed by atoms with Crippen LogP contribution in [0, 0.1) is 5.41 Å². The third-order valence-corrected chi connectivity index (χ3v) is 4.21. The zero-order valence-electron chi connectivity index (χ0n) is 12.7. The molecular formula is C16H25N3O. The largest absolute Gasteiger partial charge is 0.384 e. The van der Waals surface area contributed by atoms with Gasteiger partial charge in [0.2, 0.25) is 0 Å². The van der Waals surface area contributed by atoms with E-state index in [1.807, 2.05) is 19.9 Å². The number of hydrogen-bond acceptors (Lipinski definition) is 3. The highest BCUT2D eigenvalue weighted by Crippen LogP contribution is 2.36. The second-order valence-electron chi connectivity index (χ2n) is 6.56. The molecule has 0 aliphatic heterocycles. The van der Waals surface area contributed by atoms with Gasteiger partial charge in [-0.2, -0.15) is 0 Å². The molecule has 4 nitrogen and oxygen atoms in total. The molecule has 0 saturated heterocycles. The van der Waals surface area contributed by atoms with E-state index in [-0.39, 0.29) is 17.2 Å². The molecule has 1 aliphatic rings. The summed E-state index contributed by atoms with van der Waals surface area (Å²) in [5, 5.41) is 3.05. The summed E-state index contributed by atoms with van der Waals surface area (Å²) in [6.07, 6.45) is 4.93. The van der Waals surface area contributed by atoms with Crippen molar-refractivity contribution in [3.8, 4) is 0 Å². The standard InChI is InChI=1S/C16H25N3O/c1-11(2)13-8-12(9-14(17)19-13)15(20)18-10-16(3)6-4-5-7-16/h8-9,11H,4-7,10H2,1-3H3,(H2,17,19)(H,18,20). The van der Waals surface area contributed by atoms with Gasteiger partial charge in [0.15, 0.2) is 0 Å². The molecule has 1 saturated carbocycles. The van der Waals surface area contributed by atoms with Crippen LogP contribution in [-0.4, -0.2) is 17.4 Å². The molecule has 0 radical (unpaired) electrons. The van der Waals surface area contributed by atoms with Gasteiger partial charge in [-0.25, -0.2) is 4.98 Å². The minimum atomic E-state index is -0.0471. The molecule has 0 aromatic carbocycles. The number of nitrogens with zero attached hydrogens (tertiary/aromatic N) is 1. The smallest absolute Gasteiger partial charge is 0.251 e. The van der Waals surface area contributed by atoms with E-state index in [1.165, 1.54) is 25.7 Å². The molecule has 1 heterocycles. The third-order valence-electron chi connectivity index (χ3n) is 4.21. The first-order chi connectivity index (χ1) is 9.39. The van der Waals surface area contributed by atoms with Crippen LogP contribution < -0.4 is 11.1 Å². The summed E-state index contributed by atoms with van der Waals surface area (Å²) in [6.45, 7) is 7.08. The van der Waals surface area contributed by atoms with E-state index >= 15 is 0 Å². The molecule has 0 bridgehead atoms. The van der Waals surface area contributed by atoms with Crippen molar-refractivity contribution < 1.29 is 4.79 Å². The highest BCUT2D eigenvalue weighted by atomic mass is 16.1. The number of pyridine rings is 1. The fourth-order valence-corrected chi connectivity index (χ4v) is 2.80. The van der Waals surface area contributed by atoms with Crippen LogP contribution in [0.25, 0.3) is 0 Å². The molecule has 1 aliphatic carbocycles. The zero-order valence-corrected chi connectivity index (χ0v) is 12.7. The number of nitrogen functional groups attached to an aromatic ring is 1. The Morgan fingerprint density at radius 2 is 2.05 bits per heavy atom. The molecule has 0 spiro atoms. The van der Waals surface area contributed by atoms with Gasteiger partial charge in [-0.1, -0.05) is 33.6 Å². The fraction of sp³-hybridized carbons (Fsp3) is 0.625. The first-order valence-electron chi connectivity index (χ1n) is 7.45. The van der Waals surface area contributed by atoms with Crippen molar-refractivity contribution in [3.05, 3.63) is 23.4 Å². The lowest BCUT2D eigenvalue weighted by molar-refractivity contribution is 0.0934. The van der Waals surface area contributed by atoms with E-state index in [4.69, 9.17) is 5.73 Å². The van der Waals surface area contributed by atoms with Gasteiger partial charge < -0.3 is 11.1 Å². The van der Waals surface area contributed by atoms with Crippen LogP contribution in [0.3, 0.4) is 0 Å². The number of nitrogens with two attached hydrogens (primary N) is 1. The van der Waals surface area contributed by atoms with Crippen molar-refractivity contribution in [2.24, 2.45) is 5.41 Å². The van der Waals surface area contributed by atoms with E-state index in [9.17, 15) is 4.79 Å². The van der Waals surface area contributed by atoms with Crippen LogP contribution in [0.4, 0.5) is 5.82 Å². The second-order valence-corrected chi connectivity index (χ2v) is 6.56. The number of amides is 1. The summed E-state index contributed by atoms with van der Waals surface area (Å²) in [4.78, 5) is 16.5. The average Bonchev–Trinajstić information content (AvgIpc) is 2.82. The summed E-state index contributed by atoms with van der Waals surface area (Å²) < 4.78 is 0. The summed E-state index contributed by atoms with van der Waals surface area (Å²) in [7, 11) is 0. The minimum absolute atomic E-state index is 0.0471. The number of hydrogen-bond donors (Lipinski definition) is 2. The number of anilines is 1. The Morgan fingerprint density at radius 1 is 1.40 bits per heavy atom. The number of carbonyl (C=O) groups excluding carboxylic acids is 1. The second kappa shape index (κ2) is 5.81. The van der Waals surface area contributed by atoms with E-state index in [0.29, 0.717) is 11.4 Å². The maximum atomic E-state index is 12.3. The molecule has 20 heavy (non-hydrogen) atoms. The molecule has 110 valence electrons. The lowest BCUT2D eigenvalue weighted by Crippen LogP contribution is -2.34. The Balaban J connectivity index is 2.05. The summed E-state index contributed by atoms with van der Waals surface area (Å²) in [5.41, 5.74) is 7.52. The lowest BCUT2D eigenvalue weighted by atomic mass is 9.89. The number of nitrogens with one attached hydrogen (secondary N) is 1. The summed E-state index contributed by atoms with van der Waals surface area (Å²) >= 11 is 0. The highest BCUT2D eigenvalue weighted by Gasteiger charge is 2.29. The monoisotopic (exact) mass is 275 g/mol. The van der Waals surface area contributed by atoms with Crippen molar-refractivity contribution in [2.75, 3.05) is 12.3 Å². The van der Waals surface area contributed by atoms with Gasteiger partial charge in [-0.3, -0.25) is 4.79 Å². The fourth-order valence-electron chi connectivity index (χ4n) is 2.80. The van der Waals surface area contributed by atoms with Gasteiger partial charge in [-0.05, 0) is 36.3 Å². The van der Waals surface area contributed by atoms with Crippen molar-refractivity contribution in [3.63, 3.8) is 0 Å². The lowest BCUT2D eigenvalue weighted by Gasteiger charge is -2.23. The van der Waals surface area contributed by atoms with Crippen molar-refractivity contribution in [1.29, 1.82) is 0 Å².